The van der Waals surface area contributed by atoms with Crippen LogP contribution in [-0.4, -0.2) is 32.4 Å². The number of amides is 1. The van der Waals surface area contributed by atoms with E-state index in [1.807, 2.05) is 30.3 Å². The highest BCUT2D eigenvalue weighted by molar-refractivity contribution is 5.93. The first-order valence-electron chi connectivity index (χ1n) is 8.44. The van der Waals surface area contributed by atoms with Crippen molar-refractivity contribution in [2.24, 2.45) is 0 Å². The number of carbonyl (C=O) groups is 1. The lowest BCUT2D eigenvalue weighted by atomic mass is 9.80. The molecule has 4 rings (SSSR count). The van der Waals surface area contributed by atoms with E-state index >= 15 is 0 Å². The van der Waals surface area contributed by atoms with Crippen molar-refractivity contribution in [3.8, 4) is 11.3 Å². The van der Waals surface area contributed by atoms with E-state index in [1.54, 1.807) is 13.0 Å². The molecule has 1 atom stereocenters. The van der Waals surface area contributed by atoms with Crippen LogP contribution in [0.5, 0.6) is 0 Å². The van der Waals surface area contributed by atoms with Crippen LogP contribution in [0, 0.1) is 0 Å². The van der Waals surface area contributed by atoms with E-state index in [-0.39, 0.29) is 29.5 Å². The average molecular weight is 354 g/mol. The van der Waals surface area contributed by atoms with Gasteiger partial charge in [0.05, 0.1) is 0 Å². The number of rotatable bonds is 5. The van der Waals surface area contributed by atoms with Gasteiger partial charge in [0.15, 0.2) is 11.5 Å². The fraction of sp³-hybridized carbons (Fsp3) is 0.333. The van der Waals surface area contributed by atoms with Gasteiger partial charge >= 0.3 is 0 Å². The molecule has 0 saturated heterocycles. The highest BCUT2D eigenvalue weighted by Gasteiger charge is 2.36. The molecule has 2 N–H and O–H groups in total. The Hall–Kier alpha value is -3.00. The minimum atomic E-state index is -0.780. The van der Waals surface area contributed by atoms with Gasteiger partial charge in [-0.15, -0.1) is 10.2 Å². The molecule has 0 radical (unpaired) electrons. The third kappa shape index (κ3) is 3.23. The first kappa shape index (κ1) is 16.5. The summed E-state index contributed by atoms with van der Waals surface area (Å²) in [5.41, 5.74) is 1.12. The zero-order valence-corrected chi connectivity index (χ0v) is 14.1. The summed E-state index contributed by atoms with van der Waals surface area (Å²) in [6.07, 6.45) is 0.630. The van der Waals surface area contributed by atoms with Gasteiger partial charge < -0.3 is 19.4 Å². The molecule has 0 spiro atoms. The molecule has 8 nitrogen and oxygen atoms in total. The topological polar surface area (TPSA) is 114 Å². The minimum Gasteiger partial charge on any atom is -0.422 e. The number of aromatic nitrogens is 3. The Morgan fingerprint density at radius 2 is 2.04 bits per heavy atom. The largest absolute Gasteiger partial charge is 0.422 e. The van der Waals surface area contributed by atoms with E-state index in [4.69, 9.17) is 8.94 Å². The Morgan fingerprint density at radius 1 is 1.27 bits per heavy atom. The molecule has 26 heavy (non-hydrogen) atoms. The quantitative estimate of drug-likeness (QED) is 0.723. The van der Waals surface area contributed by atoms with Crippen molar-refractivity contribution in [3.05, 3.63) is 53.9 Å². The highest BCUT2D eigenvalue weighted by Crippen LogP contribution is 2.36. The maximum absolute atomic E-state index is 12.3. The highest BCUT2D eigenvalue weighted by atomic mass is 16.5. The van der Waals surface area contributed by atoms with E-state index < -0.39 is 6.10 Å². The molecule has 3 aromatic rings. The zero-order chi connectivity index (χ0) is 18.1. The second-order valence-electron chi connectivity index (χ2n) is 6.44. The van der Waals surface area contributed by atoms with Crippen LogP contribution in [0.25, 0.3) is 11.3 Å². The van der Waals surface area contributed by atoms with Crippen molar-refractivity contribution in [1.82, 2.24) is 20.7 Å². The second-order valence-corrected chi connectivity index (χ2v) is 6.44. The van der Waals surface area contributed by atoms with Crippen LogP contribution in [0.2, 0.25) is 0 Å². The summed E-state index contributed by atoms with van der Waals surface area (Å²) < 4.78 is 10.7. The van der Waals surface area contributed by atoms with Crippen molar-refractivity contribution >= 4 is 5.91 Å². The maximum Gasteiger partial charge on any atom is 0.273 e. The van der Waals surface area contributed by atoms with E-state index in [0.29, 0.717) is 24.5 Å². The molecule has 134 valence electrons. The predicted octanol–water partition coefficient (Wildman–Crippen LogP) is 2.45. The molecular weight excluding hydrogens is 336 g/mol. The number of hydrogen-bond acceptors (Lipinski definition) is 7. The molecular formula is C18H18N4O4. The van der Waals surface area contributed by atoms with Crippen LogP contribution in [0.1, 0.15) is 54.1 Å². The summed E-state index contributed by atoms with van der Waals surface area (Å²) in [6.45, 7) is 1.57. The average Bonchev–Trinajstić information content (AvgIpc) is 3.28. The van der Waals surface area contributed by atoms with Crippen LogP contribution in [0.15, 0.2) is 45.3 Å². The van der Waals surface area contributed by atoms with Gasteiger partial charge in [-0.1, -0.05) is 35.5 Å². The summed E-state index contributed by atoms with van der Waals surface area (Å²) in [4.78, 5) is 12.3. The van der Waals surface area contributed by atoms with Crippen LogP contribution >= 0.6 is 0 Å². The van der Waals surface area contributed by atoms with Gasteiger partial charge in [-0.25, -0.2) is 0 Å². The van der Waals surface area contributed by atoms with Gasteiger partial charge in [0.1, 0.15) is 6.10 Å². The molecule has 1 fully saturated rings. The number of nitrogens with zero attached hydrogens (tertiary/aromatic N) is 3. The molecule has 1 aliphatic carbocycles. The minimum absolute atomic E-state index is 0.0197. The third-order valence-corrected chi connectivity index (χ3v) is 4.44. The van der Waals surface area contributed by atoms with Crippen molar-refractivity contribution in [2.45, 2.75) is 37.8 Å². The van der Waals surface area contributed by atoms with E-state index in [0.717, 1.165) is 5.56 Å². The Labute approximate surface area is 149 Å². The first-order valence-corrected chi connectivity index (χ1v) is 8.44. The van der Waals surface area contributed by atoms with E-state index in [2.05, 4.69) is 20.7 Å². The fourth-order valence-corrected chi connectivity index (χ4v) is 2.90. The lowest BCUT2D eigenvalue weighted by Crippen LogP contribution is -2.43. The van der Waals surface area contributed by atoms with Gasteiger partial charge in [-0.05, 0) is 19.8 Å². The van der Waals surface area contributed by atoms with Crippen LogP contribution in [0.3, 0.4) is 0 Å². The number of aliphatic hydroxyl groups is 1. The number of aliphatic hydroxyl groups excluding tert-OH is 1. The van der Waals surface area contributed by atoms with Gasteiger partial charge in [0.25, 0.3) is 5.91 Å². The summed E-state index contributed by atoms with van der Waals surface area (Å²) in [6, 6.07) is 11.1. The first-order chi connectivity index (χ1) is 12.6. The van der Waals surface area contributed by atoms with Crippen molar-refractivity contribution in [2.75, 3.05) is 0 Å². The Kier molecular flexibility index (Phi) is 4.26. The standard InChI is InChI=1S/C18H18N4O4/c1-10(23)17-20-21-18(25-17)12-7-13(8-12)19-16(24)14-9-15(26-22-14)11-5-3-2-4-6-11/h2-6,9-10,12-13,23H,7-8H2,1H3,(H,19,24)/t10-,12-,13-/m0/s1. The molecule has 1 saturated carbocycles. The maximum atomic E-state index is 12.3. The van der Waals surface area contributed by atoms with Crippen LogP contribution in [0.4, 0.5) is 0 Å². The Morgan fingerprint density at radius 3 is 2.73 bits per heavy atom. The molecule has 0 bridgehead atoms. The number of nitrogens with one attached hydrogen (secondary N) is 1. The SMILES string of the molecule is C[C@H](O)c1nnc([C@H]2C[C@H](NC(=O)c3cc(-c4ccccc4)on3)C2)o1. The summed E-state index contributed by atoms with van der Waals surface area (Å²) in [7, 11) is 0. The van der Waals surface area contributed by atoms with Gasteiger partial charge in [0, 0.05) is 23.6 Å². The smallest absolute Gasteiger partial charge is 0.273 e. The van der Waals surface area contributed by atoms with Gasteiger partial charge in [0.2, 0.25) is 11.8 Å². The molecule has 0 aliphatic heterocycles. The number of benzene rings is 1. The van der Waals surface area contributed by atoms with Crippen molar-refractivity contribution in [3.63, 3.8) is 0 Å². The zero-order valence-electron chi connectivity index (χ0n) is 14.1. The molecule has 2 aromatic heterocycles. The normalized spacial score (nSPS) is 20.4. The monoisotopic (exact) mass is 354 g/mol. The molecule has 0 unspecified atom stereocenters. The molecule has 1 amide bonds. The summed E-state index contributed by atoms with van der Waals surface area (Å²) >= 11 is 0. The predicted molar refractivity (Wildman–Crippen MR) is 90.1 cm³/mol. The lowest BCUT2D eigenvalue weighted by molar-refractivity contribution is 0.0892. The number of carbonyl (C=O) groups excluding carboxylic acids is 1. The summed E-state index contributed by atoms with van der Waals surface area (Å²) in [5.74, 6) is 1.09. The van der Waals surface area contributed by atoms with Gasteiger partial charge in [-0.2, -0.15) is 0 Å². The van der Waals surface area contributed by atoms with E-state index in [9.17, 15) is 9.90 Å². The fourth-order valence-electron chi connectivity index (χ4n) is 2.90. The second kappa shape index (κ2) is 6.72. The molecule has 1 aliphatic rings. The van der Waals surface area contributed by atoms with Gasteiger partial charge in [-0.3, -0.25) is 4.79 Å². The van der Waals surface area contributed by atoms with Crippen molar-refractivity contribution in [1.29, 1.82) is 0 Å². The van der Waals surface area contributed by atoms with Crippen molar-refractivity contribution < 1.29 is 18.8 Å². The number of hydrogen-bond donors (Lipinski definition) is 2. The molecule has 1 aromatic carbocycles. The van der Waals surface area contributed by atoms with Crippen LogP contribution in [-0.2, 0) is 0 Å². The molecule has 8 heteroatoms. The van der Waals surface area contributed by atoms with E-state index in [1.165, 1.54) is 0 Å². The lowest BCUT2D eigenvalue weighted by Gasteiger charge is -2.33. The third-order valence-electron chi connectivity index (χ3n) is 4.44. The summed E-state index contributed by atoms with van der Waals surface area (Å²) in [5, 5.41) is 24.0. The van der Waals surface area contributed by atoms with Crippen LogP contribution < -0.4 is 5.32 Å². The molecule has 2 heterocycles. The Bertz CT molecular complexity index is 897. The Balaban J connectivity index is 1.33.